The topological polar surface area (TPSA) is 90.4 Å². The van der Waals surface area contributed by atoms with Crippen molar-refractivity contribution in [3.63, 3.8) is 0 Å². The Morgan fingerprint density at radius 3 is 2.56 bits per heavy atom. The van der Waals surface area contributed by atoms with Gasteiger partial charge in [-0.05, 0) is 63.3 Å². The van der Waals surface area contributed by atoms with E-state index in [1.165, 1.54) is 13.8 Å². The van der Waals surface area contributed by atoms with Gasteiger partial charge in [-0.3, -0.25) is 14.4 Å². The zero-order chi connectivity index (χ0) is 30.5. The first-order valence-corrected chi connectivity index (χ1v) is 15.6. The van der Waals surface area contributed by atoms with Gasteiger partial charge in [0.05, 0.1) is 37.4 Å². The Hall–Kier alpha value is -3.30. The number of carbonyl (C=O) groups excluding carboxylic acids is 3. The molecule has 0 bridgehead atoms. The van der Waals surface area contributed by atoms with Crippen LogP contribution in [-0.2, 0) is 31.3 Å². The highest BCUT2D eigenvalue weighted by molar-refractivity contribution is 6.08. The molecule has 1 N–H and O–H groups in total. The molecule has 3 amide bonds. The summed E-state index contributed by atoms with van der Waals surface area (Å²) in [5, 5.41) is 9.82. The third-order valence-electron chi connectivity index (χ3n) is 10.0. The van der Waals surface area contributed by atoms with Gasteiger partial charge >= 0.3 is 0 Å². The Morgan fingerprint density at radius 2 is 1.86 bits per heavy atom. The van der Waals surface area contributed by atoms with E-state index in [1.54, 1.807) is 14.7 Å². The molecular weight excluding hydrogens is 549 g/mol. The number of aliphatic hydroxyl groups excluding tert-OH is 1. The Morgan fingerprint density at radius 1 is 1.09 bits per heavy atom. The normalized spacial score (nSPS) is 29.2. The number of fused-ring (bicyclic) bond motifs is 2. The zero-order valence-corrected chi connectivity index (χ0v) is 25.3. The number of ether oxygens (including phenoxy) is 1. The summed E-state index contributed by atoms with van der Waals surface area (Å²) in [4.78, 5) is 46.3. The molecule has 4 aliphatic rings. The predicted molar refractivity (Wildman–Crippen MR) is 161 cm³/mol. The van der Waals surface area contributed by atoms with Gasteiger partial charge in [-0.2, -0.15) is 0 Å². The largest absolute Gasteiger partial charge is 0.394 e. The fourth-order valence-corrected chi connectivity index (χ4v) is 8.05. The van der Waals surface area contributed by atoms with Crippen molar-refractivity contribution in [3.8, 4) is 0 Å². The Kier molecular flexibility index (Phi) is 7.84. The average Bonchev–Trinajstić information content (AvgIpc) is 3.64. The average molecular weight is 592 g/mol. The summed E-state index contributed by atoms with van der Waals surface area (Å²) < 4.78 is 22.9. The minimum Gasteiger partial charge on any atom is -0.394 e. The summed E-state index contributed by atoms with van der Waals surface area (Å²) in [5.74, 6) is -1.78. The van der Waals surface area contributed by atoms with Crippen LogP contribution in [0.1, 0.15) is 70.4 Å². The second kappa shape index (κ2) is 11.3. The number of amides is 3. The molecule has 2 aromatic rings. The van der Waals surface area contributed by atoms with Crippen LogP contribution in [0.4, 0.5) is 15.8 Å². The Bertz CT molecular complexity index is 1390. The van der Waals surface area contributed by atoms with Gasteiger partial charge in [-0.25, -0.2) is 4.39 Å². The first-order valence-electron chi connectivity index (χ1n) is 15.6. The molecule has 43 heavy (non-hydrogen) atoms. The lowest BCUT2D eigenvalue weighted by Crippen LogP contribution is -2.45. The molecule has 230 valence electrons. The SMILES string of the molecule is C[C@H]1[C@H](C(C)(C)F)[C@@H](CC(=O)N2CCC[C@H]2CO)O[C@]12C(=O)N(Cc1ccccc1)c1ccc(N3CCCCC3=O)cc12. The summed E-state index contributed by atoms with van der Waals surface area (Å²) in [7, 11) is 0. The van der Waals surface area contributed by atoms with Crippen LogP contribution < -0.4 is 9.80 Å². The summed E-state index contributed by atoms with van der Waals surface area (Å²) in [6.07, 6.45) is 2.83. The van der Waals surface area contributed by atoms with E-state index in [4.69, 9.17) is 4.74 Å². The van der Waals surface area contributed by atoms with Crippen molar-refractivity contribution < 1.29 is 28.6 Å². The highest BCUT2D eigenvalue weighted by atomic mass is 19.1. The van der Waals surface area contributed by atoms with Crippen LogP contribution in [0.3, 0.4) is 0 Å². The van der Waals surface area contributed by atoms with Crippen molar-refractivity contribution >= 4 is 29.1 Å². The van der Waals surface area contributed by atoms with E-state index in [1.807, 2.05) is 55.5 Å². The molecule has 2 aromatic carbocycles. The molecule has 0 aromatic heterocycles. The van der Waals surface area contributed by atoms with Crippen LogP contribution in [0.15, 0.2) is 48.5 Å². The van der Waals surface area contributed by atoms with Crippen LogP contribution >= 0.6 is 0 Å². The molecule has 0 radical (unpaired) electrons. The number of piperidine rings is 1. The monoisotopic (exact) mass is 591 g/mol. The van der Waals surface area contributed by atoms with Gasteiger partial charge in [0.15, 0.2) is 5.60 Å². The van der Waals surface area contributed by atoms with Crippen molar-refractivity contribution in [2.24, 2.45) is 11.8 Å². The lowest BCUT2D eigenvalue weighted by Gasteiger charge is -2.33. The van der Waals surface area contributed by atoms with E-state index in [0.717, 1.165) is 31.2 Å². The molecule has 4 heterocycles. The zero-order valence-electron chi connectivity index (χ0n) is 25.3. The summed E-state index contributed by atoms with van der Waals surface area (Å²) in [6.45, 7) is 6.17. The molecule has 3 saturated heterocycles. The maximum absolute atomic E-state index is 16.1. The molecule has 8 nitrogen and oxygen atoms in total. The van der Waals surface area contributed by atoms with Crippen LogP contribution in [0.25, 0.3) is 0 Å². The summed E-state index contributed by atoms with van der Waals surface area (Å²) in [6, 6.07) is 15.1. The van der Waals surface area contributed by atoms with Crippen molar-refractivity contribution in [1.29, 1.82) is 0 Å². The number of alkyl halides is 1. The van der Waals surface area contributed by atoms with Crippen molar-refractivity contribution in [3.05, 3.63) is 59.7 Å². The number of hydrogen-bond donors (Lipinski definition) is 1. The summed E-state index contributed by atoms with van der Waals surface area (Å²) >= 11 is 0. The number of hydrogen-bond acceptors (Lipinski definition) is 5. The van der Waals surface area contributed by atoms with E-state index in [9.17, 15) is 19.5 Å². The Labute approximate surface area is 252 Å². The fraction of sp³-hybridized carbons (Fsp3) is 0.559. The van der Waals surface area contributed by atoms with E-state index >= 15 is 4.39 Å². The third-order valence-corrected chi connectivity index (χ3v) is 10.0. The number of aliphatic hydroxyl groups is 1. The smallest absolute Gasteiger partial charge is 0.264 e. The number of rotatable bonds is 7. The molecule has 1 spiro atoms. The van der Waals surface area contributed by atoms with Gasteiger partial charge in [0.25, 0.3) is 5.91 Å². The molecule has 0 unspecified atom stereocenters. The lowest BCUT2D eigenvalue weighted by molar-refractivity contribution is -0.150. The van der Waals surface area contributed by atoms with E-state index in [0.29, 0.717) is 43.0 Å². The minimum atomic E-state index is -1.75. The fourth-order valence-electron chi connectivity index (χ4n) is 8.05. The molecule has 3 fully saturated rings. The highest BCUT2D eigenvalue weighted by Gasteiger charge is 2.66. The molecule has 4 aliphatic heterocycles. The predicted octanol–water partition coefficient (Wildman–Crippen LogP) is 4.72. The quantitative estimate of drug-likeness (QED) is 0.504. The van der Waals surface area contributed by atoms with Gasteiger partial charge in [0.2, 0.25) is 11.8 Å². The second-order valence-electron chi connectivity index (χ2n) is 13.1. The number of carbonyl (C=O) groups is 3. The number of anilines is 2. The first kappa shape index (κ1) is 29.8. The molecule has 9 heteroatoms. The van der Waals surface area contributed by atoms with E-state index in [-0.39, 0.29) is 36.8 Å². The van der Waals surface area contributed by atoms with Crippen LogP contribution in [0.2, 0.25) is 0 Å². The summed E-state index contributed by atoms with van der Waals surface area (Å²) in [5.41, 5.74) is -0.321. The molecule has 0 saturated carbocycles. The van der Waals surface area contributed by atoms with Crippen molar-refractivity contribution in [1.82, 2.24) is 4.90 Å². The van der Waals surface area contributed by atoms with Crippen molar-refractivity contribution in [2.75, 3.05) is 29.5 Å². The highest BCUT2D eigenvalue weighted by Crippen LogP contribution is 2.59. The maximum Gasteiger partial charge on any atom is 0.264 e. The number of halogens is 1. The van der Waals surface area contributed by atoms with Crippen LogP contribution in [-0.4, -0.2) is 65.2 Å². The van der Waals surface area contributed by atoms with Gasteiger partial charge in [-0.1, -0.05) is 37.3 Å². The van der Waals surface area contributed by atoms with Gasteiger partial charge in [-0.15, -0.1) is 0 Å². The van der Waals surface area contributed by atoms with Gasteiger partial charge in [0.1, 0.15) is 5.67 Å². The van der Waals surface area contributed by atoms with Crippen LogP contribution in [0, 0.1) is 11.8 Å². The first-order chi connectivity index (χ1) is 20.6. The number of likely N-dealkylation sites (tertiary alicyclic amines) is 1. The second-order valence-corrected chi connectivity index (χ2v) is 13.1. The van der Waals surface area contributed by atoms with Gasteiger partial charge < -0.3 is 24.5 Å². The molecular formula is C34H42FN3O5. The molecule has 0 aliphatic carbocycles. The van der Waals surface area contributed by atoms with Crippen LogP contribution in [0.5, 0.6) is 0 Å². The number of nitrogens with zero attached hydrogens (tertiary/aromatic N) is 3. The van der Waals surface area contributed by atoms with Gasteiger partial charge in [0, 0.05) is 42.6 Å². The molecule has 5 atom stereocenters. The Balaban J connectivity index is 1.43. The minimum absolute atomic E-state index is 0.0430. The van der Waals surface area contributed by atoms with Crippen molar-refractivity contribution in [2.45, 2.75) is 89.3 Å². The third kappa shape index (κ3) is 5.04. The van der Waals surface area contributed by atoms with E-state index in [2.05, 4.69) is 0 Å². The molecule has 6 rings (SSSR count). The maximum atomic E-state index is 16.1. The lowest BCUT2D eigenvalue weighted by atomic mass is 9.71. The standard InChI is InChI=1S/C34H42FN3O5/c1-22-31(33(2,3)35)28(19-30(41)37-17-9-12-25(37)21-39)43-34(22)26-18-24(36-16-8-7-13-29(36)40)14-15-27(26)38(32(34)42)20-23-10-5-4-6-11-23/h4-6,10-11,14-15,18,22,25,28,31,39H,7-9,12-13,16-17,19-21H2,1-3H3/t22-,25-,28+,31-,34+/m0/s1. The number of benzene rings is 2. The van der Waals surface area contributed by atoms with E-state index < -0.39 is 29.2 Å².